The third kappa shape index (κ3) is 8.36. The Kier molecular flexibility index (Phi) is 11.9. The topological polar surface area (TPSA) is 6.48 Å². The van der Waals surface area contributed by atoms with Gasteiger partial charge in [-0.3, -0.25) is 0 Å². The molecule has 0 radical (unpaired) electrons. The van der Waals surface area contributed by atoms with E-state index in [1.807, 2.05) is 11.3 Å². The standard InChI is InChI=1S/C69H50N2S/c1-48-22-18-19-33-60(48)63-47-64(69-68(61-34-20-21-35-66(61)72-69)67(63)49(2)50-23-8-3-9-24-50)62-46-59(70(55-29-14-6-15-30-55)57-40-36-53(37-41-57)51-25-10-4-11-26-51)44-45-65(62)71(56-31-16-7-17-32-56)58-42-38-54(39-43-58)52-27-12-5-13-28-52/h3-47H,2H2,1H3. The summed E-state index contributed by atoms with van der Waals surface area (Å²) in [6.45, 7) is 7.15. The van der Waals surface area contributed by atoms with Crippen molar-refractivity contribution in [3.05, 3.63) is 296 Å². The lowest BCUT2D eigenvalue weighted by atomic mass is 9.84. The van der Waals surface area contributed by atoms with E-state index in [0.29, 0.717) is 0 Å². The van der Waals surface area contributed by atoms with E-state index in [4.69, 9.17) is 6.58 Å². The molecule has 0 N–H and O–H groups in total. The summed E-state index contributed by atoms with van der Waals surface area (Å²) in [6, 6.07) is 98.6. The monoisotopic (exact) mass is 938 g/mol. The molecule has 0 atom stereocenters. The molecule has 0 saturated carbocycles. The van der Waals surface area contributed by atoms with E-state index in [0.717, 1.165) is 67.5 Å². The summed E-state index contributed by atoms with van der Waals surface area (Å²) in [6.07, 6.45) is 0. The molecule has 0 aliphatic carbocycles. The SMILES string of the molecule is C=C(c1ccccc1)c1c(-c2ccccc2C)cc(-c2cc(N(c3ccccc3)c3ccc(-c4ccccc4)cc3)ccc2N(c2ccccc2)c2ccc(-c3ccccc3)cc2)c2sc3ccccc3c12. The van der Waals surface area contributed by atoms with E-state index < -0.39 is 0 Å². The number of nitrogens with zero attached hydrogens (tertiary/aromatic N) is 2. The maximum Gasteiger partial charge on any atom is 0.0542 e. The quantitative estimate of drug-likeness (QED) is 0.120. The highest BCUT2D eigenvalue weighted by atomic mass is 32.1. The number of rotatable bonds is 12. The van der Waals surface area contributed by atoms with Gasteiger partial charge in [-0.1, -0.05) is 201 Å². The molecule has 0 saturated heterocycles. The normalized spacial score (nSPS) is 11.2. The molecule has 0 unspecified atom stereocenters. The van der Waals surface area contributed by atoms with E-state index >= 15 is 0 Å². The number of benzene rings is 11. The summed E-state index contributed by atoms with van der Waals surface area (Å²) in [7, 11) is 0. The fourth-order valence-corrected chi connectivity index (χ4v) is 11.5. The summed E-state index contributed by atoms with van der Waals surface area (Å²) in [4.78, 5) is 4.82. The molecular weight excluding hydrogens is 889 g/mol. The van der Waals surface area contributed by atoms with Crippen LogP contribution in [0.2, 0.25) is 0 Å². The van der Waals surface area contributed by atoms with E-state index in [9.17, 15) is 0 Å². The largest absolute Gasteiger partial charge is 0.310 e. The van der Waals surface area contributed by atoms with E-state index in [1.165, 1.54) is 53.6 Å². The van der Waals surface area contributed by atoms with Crippen LogP contribution >= 0.6 is 11.3 Å². The van der Waals surface area contributed by atoms with Gasteiger partial charge in [0, 0.05) is 59.7 Å². The lowest BCUT2D eigenvalue weighted by molar-refractivity contribution is 1.26. The first-order valence-electron chi connectivity index (χ1n) is 24.5. The Morgan fingerprint density at radius 2 is 0.819 bits per heavy atom. The third-order valence-electron chi connectivity index (χ3n) is 13.8. The van der Waals surface area contributed by atoms with Crippen LogP contribution < -0.4 is 9.80 Å². The van der Waals surface area contributed by atoms with Crippen molar-refractivity contribution in [2.24, 2.45) is 0 Å². The van der Waals surface area contributed by atoms with Crippen molar-refractivity contribution in [2.45, 2.75) is 6.92 Å². The fourth-order valence-electron chi connectivity index (χ4n) is 10.3. The van der Waals surface area contributed by atoms with Crippen LogP contribution in [0.15, 0.2) is 280 Å². The van der Waals surface area contributed by atoms with Crippen molar-refractivity contribution < 1.29 is 0 Å². The Labute approximate surface area is 426 Å². The maximum absolute atomic E-state index is 4.92. The highest BCUT2D eigenvalue weighted by Gasteiger charge is 2.27. The summed E-state index contributed by atoms with van der Waals surface area (Å²) in [5, 5.41) is 2.44. The molecule has 0 aliphatic rings. The molecule has 72 heavy (non-hydrogen) atoms. The molecule has 12 rings (SSSR count). The lowest BCUT2D eigenvalue weighted by Gasteiger charge is -2.31. The number of aryl methyl sites for hydroxylation is 1. The summed E-state index contributed by atoms with van der Waals surface area (Å²) in [5.74, 6) is 0. The Hall–Kier alpha value is -9.02. The molecule has 0 spiro atoms. The van der Waals surface area contributed by atoms with E-state index in [-0.39, 0.29) is 0 Å². The van der Waals surface area contributed by atoms with Crippen LogP contribution in [0.5, 0.6) is 0 Å². The second kappa shape index (κ2) is 19.4. The minimum absolute atomic E-state index is 1.00. The maximum atomic E-state index is 4.92. The zero-order chi connectivity index (χ0) is 48.4. The summed E-state index contributed by atoms with van der Waals surface area (Å²) >= 11 is 1.86. The average Bonchev–Trinajstić information content (AvgIpc) is 3.85. The molecule has 12 aromatic rings. The van der Waals surface area contributed by atoms with Gasteiger partial charge < -0.3 is 9.80 Å². The van der Waals surface area contributed by atoms with Crippen molar-refractivity contribution in [2.75, 3.05) is 9.80 Å². The van der Waals surface area contributed by atoms with Crippen molar-refractivity contribution in [1.82, 2.24) is 0 Å². The molecule has 1 aromatic heterocycles. The van der Waals surface area contributed by atoms with Crippen LogP contribution in [0.1, 0.15) is 16.7 Å². The summed E-state index contributed by atoms with van der Waals surface area (Å²) in [5.41, 5.74) is 20.2. The van der Waals surface area contributed by atoms with Gasteiger partial charge in [0.05, 0.1) is 5.69 Å². The van der Waals surface area contributed by atoms with Gasteiger partial charge in [0.1, 0.15) is 0 Å². The second-order valence-electron chi connectivity index (χ2n) is 18.2. The Morgan fingerprint density at radius 1 is 0.361 bits per heavy atom. The zero-order valence-corrected chi connectivity index (χ0v) is 40.8. The number of fused-ring (bicyclic) bond motifs is 3. The molecule has 0 bridgehead atoms. The van der Waals surface area contributed by atoms with Gasteiger partial charge in [-0.15, -0.1) is 11.3 Å². The van der Waals surface area contributed by atoms with Crippen LogP contribution in [0, 0.1) is 6.92 Å². The zero-order valence-electron chi connectivity index (χ0n) is 40.0. The van der Waals surface area contributed by atoms with Gasteiger partial charge in [0.25, 0.3) is 0 Å². The predicted octanol–water partition coefficient (Wildman–Crippen LogP) is 20.0. The smallest absolute Gasteiger partial charge is 0.0542 e. The van der Waals surface area contributed by atoms with Crippen LogP contribution in [-0.4, -0.2) is 0 Å². The van der Waals surface area contributed by atoms with Crippen molar-refractivity contribution in [3.63, 3.8) is 0 Å². The predicted molar refractivity (Wildman–Crippen MR) is 310 cm³/mol. The van der Waals surface area contributed by atoms with E-state index in [1.54, 1.807) is 0 Å². The van der Waals surface area contributed by atoms with E-state index in [2.05, 4.69) is 290 Å². The molecule has 0 amide bonds. The minimum Gasteiger partial charge on any atom is -0.310 e. The van der Waals surface area contributed by atoms with Gasteiger partial charge in [-0.2, -0.15) is 0 Å². The van der Waals surface area contributed by atoms with Crippen LogP contribution in [0.4, 0.5) is 34.1 Å². The Balaban J connectivity index is 1.17. The molecule has 0 aliphatic heterocycles. The number of hydrogen-bond acceptors (Lipinski definition) is 3. The molecule has 2 nitrogen and oxygen atoms in total. The Morgan fingerprint density at radius 3 is 1.42 bits per heavy atom. The van der Waals surface area contributed by atoms with Crippen molar-refractivity contribution >= 4 is 71.2 Å². The Bertz CT molecular complexity index is 3850. The third-order valence-corrected chi connectivity index (χ3v) is 15.0. The lowest BCUT2D eigenvalue weighted by Crippen LogP contribution is -2.13. The molecule has 11 aromatic carbocycles. The fraction of sp³-hybridized carbons (Fsp3) is 0.0145. The van der Waals surface area contributed by atoms with Crippen molar-refractivity contribution in [3.8, 4) is 44.5 Å². The highest BCUT2D eigenvalue weighted by Crippen LogP contribution is 2.53. The van der Waals surface area contributed by atoms with Crippen LogP contribution in [-0.2, 0) is 0 Å². The van der Waals surface area contributed by atoms with Gasteiger partial charge in [-0.25, -0.2) is 0 Å². The molecule has 3 heteroatoms. The first kappa shape index (κ1) is 44.2. The molecule has 342 valence electrons. The minimum atomic E-state index is 1.00. The van der Waals surface area contributed by atoms with Gasteiger partial charge in [0.15, 0.2) is 0 Å². The second-order valence-corrected chi connectivity index (χ2v) is 19.2. The average molecular weight is 939 g/mol. The highest BCUT2D eigenvalue weighted by molar-refractivity contribution is 7.26. The molecule has 0 fully saturated rings. The first-order chi connectivity index (χ1) is 35.6. The molecular formula is C69H50N2S. The van der Waals surface area contributed by atoms with Gasteiger partial charge >= 0.3 is 0 Å². The number of thiophene rings is 1. The van der Waals surface area contributed by atoms with Crippen molar-refractivity contribution in [1.29, 1.82) is 0 Å². The summed E-state index contributed by atoms with van der Waals surface area (Å²) < 4.78 is 2.45. The number of hydrogen-bond donors (Lipinski definition) is 0. The molecule has 1 heterocycles. The van der Waals surface area contributed by atoms with Crippen LogP contribution in [0.3, 0.4) is 0 Å². The number of para-hydroxylation sites is 2. The van der Waals surface area contributed by atoms with Crippen LogP contribution in [0.25, 0.3) is 70.3 Å². The van der Waals surface area contributed by atoms with Gasteiger partial charge in [-0.05, 0) is 141 Å². The first-order valence-corrected chi connectivity index (χ1v) is 25.3. The van der Waals surface area contributed by atoms with Gasteiger partial charge in [0.2, 0.25) is 0 Å². The number of anilines is 6.